The third kappa shape index (κ3) is 43.4. The zero-order valence-electron chi connectivity index (χ0n) is 40.2. The Balaban J connectivity index is 4.74. The molecule has 0 saturated carbocycles. The summed E-state index contributed by atoms with van der Waals surface area (Å²) < 4.78 is 5.90. The van der Waals surface area contributed by atoms with E-state index in [2.05, 4.69) is 111 Å². The van der Waals surface area contributed by atoms with Crippen molar-refractivity contribution in [1.29, 1.82) is 0 Å². The van der Waals surface area contributed by atoms with Gasteiger partial charge >= 0.3 is 5.97 Å². The molecule has 0 bridgehead atoms. The van der Waals surface area contributed by atoms with Gasteiger partial charge in [0.1, 0.15) is 6.10 Å². The van der Waals surface area contributed by atoms with E-state index in [0.29, 0.717) is 19.3 Å². The summed E-state index contributed by atoms with van der Waals surface area (Å²) in [6.45, 7) is 6.36. The van der Waals surface area contributed by atoms with Gasteiger partial charge in [-0.1, -0.05) is 227 Å². The van der Waals surface area contributed by atoms with Crippen molar-refractivity contribution in [2.45, 2.75) is 238 Å². The second kappa shape index (κ2) is 48.8. The molecule has 0 heterocycles. The van der Waals surface area contributed by atoms with Crippen molar-refractivity contribution in [2.24, 2.45) is 0 Å². The summed E-state index contributed by atoms with van der Waals surface area (Å²) in [5.74, 6) is -0.548. The molecule has 0 rings (SSSR count). The third-order valence-electron chi connectivity index (χ3n) is 11.1. The molecule has 1 amide bonds. The lowest BCUT2D eigenvalue weighted by Gasteiger charge is -2.24. The minimum Gasteiger partial charge on any atom is -0.462 e. The first-order valence-corrected chi connectivity index (χ1v) is 25.6. The van der Waals surface area contributed by atoms with Gasteiger partial charge in [-0.05, 0) is 77.0 Å². The number of amides is 1. The minimum atomic E-state index is -0.807. The lowest BCUT2D eigenvalue weighted by molar-refractivity contribution is -0.151. The highest BCUT2D eigenvalue weighted by Gasteiger charge is 2.24. The minimum absolute atomic E-state index is 0.0360. The zero-order valence-corrected chi connectivity index (χ0v) is 40.2. The molecule has 6 nitrogen and oxygen atoms in total. The van der Waals surface area contributed by atoms with Gasteiger partial charge in [0.2, 0.25) is 5.91 Å². The van der Waals surface area contributed by atoms with E-state index in [-0.39, 0.29) is 24.9 Å². The van der Waals surface area contributed by atoms with Crippen molar-refractivity contribution in [3.05, 3.63) is 97.2 Å². The summed E-state index contributed by atoms with van der Waals surface area (Å²) in [6, 6.07) is -0.724. The Morgan fingerprint density at radius 2 is 0.823 bits per heavy atom. The Morgan fingerprint density at radius 1 is 0.468 bits per heavy atom. The SMILES string of the molecule is CCCCC/C=C/C=C/C=C/C=C/CCCCCCCC(=O)OC(CCCCC/C=C/C=C/C=C/C=C/CCCCC)CC(=O)NC(CO)C(O)CCCCCCCCCCC. The van der Waals surface area contributed by atoms with Gasteiger partial charge in [0, 0.05) is 6.42 Å². The number of unbranched alkanes of at least 4 members (excludes halogenated alkanes) is 22. The van der Waals surface area contributed by atoms with E-state index < -0.39 is 18.2 Å². The molecule has 6 heteroatoms. The molecule has 0 aromatic rings. The summed E-state index contributed by atoms with van der Waals surface area (Å²) in [4.78, 5) is 26.1. The van der Waals surface area contributed by atoms with Crippen molar-refractivity contribution in [3.63, 3.8) is 0 Å². The van der Waals surface area contributed by atoms with Gasteiger partial charge in [0.15, 0.2) is 0 Å². The number of hydrogen-bond acceptors (Lipinski definition) is 5. The predicted molar refractivity (Wildman–Crippen MR) is 268 cm³/mol. The highest BCUT2D eigenvalue weighted by Crippen LogP contribution is 2.17. The molecule has 62 heavy (non-hydrogen) atoms. The Kier molecular flexibility index (Phi) is 46.3. The molecular formula is C56H95NO5. The number of ether oxygens (including phenoxy) is 1. The average Bonchev–Trinajstić information content (AvgIpc) is 3.26. The van der Waals surface area contributed by atoms with Gasteiger partial charge < -0.3 is 20.3 Å². The Hall–Kier alpha value is -3.22. The number of carbonyl (C=O) groups excluding carboxylic acids is 2. The second-order valence-electron chi connectivity index (χ2n) is 17.0. The highest BCUT2D eigenvalue weighted by atomic mass is 16.5. The first-order chi connectivity index (χ1) is 30.5. The fourth-order valence-corrected chi connectivity index (χ4v) is 7.16. The van der Waals surface area contributed by atoms with Crippen molar-refractivity contribution in [2.75, 3.05) is 6.61 Å². The van der Waals surface area contributed by atoms with Gasteiger partial charge in [-0.15, -0.1) is 0 Å². The average molecular weight is 862 g/mol. The molecule has 0 aliphatic carbocycles. The van der Waals surface area contributed by atoms with Crippen LogP contribution in [0.5, 0.6) is 0 Å². The number of nitrogens with one attached hydrogen (secondary N) is 1. The maximum absolute atomic E-state index is 13.2. The van der Waals surface area contributed by atoms with E-state index in [1.807, 2.05) is 12.2 Å². The van der Waals surface area contributed by atoms with Gasteiger partial charge in [-0.2, -0.15) is 0 Å². The Labute approximate surface area is 382 Å². The number of aliphatic hydroxyl groups excluding tert-OH is 2. The molecule has 3 N–H and O–H groups in total. The van der Waals surface area contributed by atoms with Gasteiger partial charge in [0.25, 0.3) is 0 Å². The summed E-state index contributed by atoms with van der Waals surface area (Å²) in [6.07, 6.45) is 64.6. The topological polar surface area (TPSA) is 95.9 Å². The summed E-state index contributed by atoms with van der Waals surface area (Å²) in [7, 11) is 0. The molecule has 354 valence electrons. The van der Waals surface area contributed by atoms with Crippen molar-refractivity contribution in [1.82, 2.24) is 5.32 Å². The summed E-state index contributed by atoms with van der Waals surface area (Å²) in [5, 5.41) is 23.7. The summed E-state index contributed by atoms with van der Waals surface area (Å²) in [5.41, 5.74) is 0. The van der Waals surface area contributed by atoms with E-state index in [9.17, 15) is 19.8 Å². The van der Waals surface area contributed by atoms with E-state index in [0.717, 1.165) is 96.3 Å². The lowest BCUT2D eigenvalue weighted by Crippen LogP contribution is -2.46. The molecule has 0 aliphatic heterocycles. The molecule has 0 radical (unpaired) electrons. The molecule has 0 aromatic carbocycles. The van der Waals surface area contributed by atoms with Crippen LogP contribution in [0.3, 0.4) is 0 Å². The third-order valence-corrected chi connectivity index (χ3v) is 11.1. The Bertz CT molecular complexity index is 1240. The number of rotatable bonds is 44. The molecule has 3 unspecified atom stereocenters. The molecule has 0 spiro atoms. The van der Waals surface area contributed by atoms with Crippen LogP contribution in [0.4, 0.5) is 0 Å². The molecule has 0 aliphatic rings. The number of hydrogen-bond donors (Lipinski definition) is 3. The van der Waals surface area contributed by atoms with E-state index in [4.69, 9.17) is 4.74 Å². The van der Waals surface area contributed by atoms with Crippen LogP contribution < -0.4 is 5.32 Å². The number of esters is 1. The first-order valence-electron chi connectivity index (χ1n) is 25.6. The number of aliphatic hydroxyl groups is 2. The fourth-order valence-electron chi connectivity index (χ4n) is 7.16. The maximum atomic E-state index is 13.2. The molecule has 0 aromatic heterocycles. The van der Waals surface area contributed by atoms with Gasteiger partial charge in [0.05, 0.1) is 25.2 Å². The number of allylic oxidation sites excluding steroid dienone is 16. The standard InChI is InChI=1S/C56H95NO5/c1-4-7-10-13-16-19-21-23-25-27-28-30-32-34-37-40-43-46-49-56(61)62-52(47-44-41-38-36-33-31-29-26-24-22-20-17-14-11-8-5-2)50-55(60)57-53(51-58)54(59)48-45-42-39-35-18-15-12-9-6-3/h16-17,19-31,33,52-54,58-59H,4-15,18,32,34-51H2,1-3H3,(H,57,60)/b19-16+,20-17+,23-21+,24-22+,27-25+,29-26+,30-28+,33-31+. The van der Waals surface area contributed by atoms with Crippen LogP contribution in [0.25, 0.3) is 0 Å². The van der Waals surface area contributed by atoms with Gasteiger partial charge in [-0.3, -0.25) is 9.59 Å². The first kappa shape index (κ1) is 58.8. The normalized spacial score (nSPS) is 14.1. The smallest absolute Gasteiger partial charge is 0.306 e. The van der Waals surface area contributed by atoms with E-state index >= 15 is 0 Å². The van der Waals surface area contributed by atoms with Crippen LogP contribution in [-0.4, -0.2) is 46.9 Å². The maximum Gasteiger partial charge on any atom is 0.306 e. The van der Waals surface area contributed by atoms with E-state index in [1.165, 1.54) is 77.0 Å². The highest BCUT2D eigenvalue weighted by molar-refractivity contribution is 5.77. The molecular weight excluding hydrogens is 767 g/mol. The largest absolute Gasteiger partial charge is 0.462 e. The fraction of sp³-hybridized carbons (Fsp3) is 0.679. The molecule has 0 saturated heterocycles. The zero-order chi connectivity index (χ0) is 45.2. The van der Waals surface area contributed by atoms with Gasteiger partial charge in [-0.25, -0.2) is 0 Å². The van der Waals surface area contributed by atoms with Crippen LogP contribution in [0.15, 0.2) is 97.2 Å². The quantitative estimate of drug-likeness (QED) is 0.0322. The number of carbonyl (C=O) groups is 2. The summed E-state index contributed by atoms with van der Waals surface area (Å²) >= 11 is 0. The molecule has 3 atom stereocenters. The second-order valence-corrected chi connectivity index (χ2v) is 17.0. The van der Waals surface area contributed by atoms with Crippen LogP contribution >= 0.6 is 0 Å². The van der Waals surface area contributed by atoms with Crippen LogP contribution in [0.2, 0.25) is 0 Å². The van der Waals surface area contributed by atoms with Crippen LogP contribution in [0, 0.1) is 0 Å². The Morgan fingerprint density at radius 3 is 1.29 bits per heavy atom. The molecule has 0 fully saturated rings. The monoisotopic (exact) mass is 862 g/mol. The van der Waals surface area contributed by atoms with Crippen molar-refractivity contribution < 1.29 is 24.5 Å². The van der Waals surface area contributed by atoms with Crippen molar-refractivity contribution in [3.8, 4) is 0 Å². The van der Waals surface area contributed by atoms with E-state index in [1.54, 1.807) is 0 Å². The van der Waals surface area contributed by atoms with Crippen LogP contribution in [0.1, 0.15) is 220 Å². The van der Waals surface area contributed by atoms with Crippen molar-refractivity contribution >= 4 is 11.9 Å². The van der Waals surface area contributed by atoms with Crippen LogP contribution in [-0.2, 0) is 14.3 Å². The lowest BCUT2D eigenvalue weighted by atomic mass is 10.0. The predicted octanol–water partition coefficient (Wildman–Crippen LogP) is 15.3.